The van der Waals surface area contributed by atoms with Crippen LogP contribution in [-0.2, 0) is 5.41 Å². The third-order valence-corrected chi connectivity index (χ3v) is 3.10. The molecule has 0 radical (unpaired) electrons. The summed E-state index contributed by atoms with van der Waals surface area (Å²) in [5.41, 5.74) is 1.12. The lowest BCUT2D eigenvalue weighted by Crippen LogP contribution is -2.31. The Hall–Kier alpha value is -1.18. The van der Waals surface area contributed by atoms with Gasteiger partial charge in [0.1, 0.15) is 17.6 Å². The van der Waals surface area contributed by atoms with E-state index in [2.05, 4.69) is 20.8 Å². The molecule has 1 atom stereocenters. The van der Waals surface area contributed by atoms with E-state index >= 15 is 0 Å². The second kappa shape index (κ2) is 2.91. The first-order chi connectivity index (χ1) is 6.55. The SMILES string of the molecule is CCC1Oc2ccc(O)cc2C1(C)C. The number of benzene rings is 1. The summed E-state index contributed by atoms with van der Waals surface area (Å²) in [6.07, 6.45) is 1.21. The number of rotatable bonds is 1. The third kappa shape index (κ3) is 1.17. The fourth-order valence-electron chi connectivity index (χ4n) is 2.19. The Morgan fingerprint density at radius 3 is 2.79 bits per heavy atom. The first kappa shape index (κ1) is 9.38. The molecule has 2 rings (SSSR count). The molecule has 1 aromatic rings. The topological polar surface area (TPSA) is 29.5 Å². The molecule has 0 aliphatic carbocycles. The largest absolute Gasteiger partial charge is 0.508 e. The molecule has 0 saturated heterocycles. The maximum Gasteiger partial charge on any atom is 0.123 e. The van der Waals surface area contributed by atoms with Crippen LogP contribution < -0.4 is 4.74 Å². The second-order valence-corrected chi connectivity index (χ2v) is 4.42. The number of aromatic hydroxyl groups is 1. The molecule has 1 aliphatic heterocycles. The Bertz CT molecular complexity index is 355. The zero-order valence-electron chi connectivity index (χ0n) is 8.87. The fourth-order valence-corrected chi connectivity index (χ4v) is 2.19. The first-order valence-corrected chi connectivity index (χ1v) is 5.06. The Morgan fingerprint density at radius 2 is 2.14 bits per heavy atom. The molecule has 0 amide bonds. The normalized spacial score (nSPS) is 22.9. The van der Waals surface area contributed by atoms with Crippen molar-refractivity contribution in [1.82, 2.24) is 0 Å². The van der Waals surface area contributed by atoms with Crippen LogP contribution in [0.5, 0.6) is 11.5 Å². The van der Waals surface area contributed by atoms with E-state index in [9.17, 15) is 5.11 Å². The molecule has 1 aromatic carbocycles. The number of hydrogen-bond acceptors (Lipinski definition) is 2. The van der Waals surface area contributed by atoms with Gasteiger partial charge in [-0.05, 0) is 24.6 Å². The summed E-state index contributed by atoms with van der Waals surface area (Å²) in [5.74, 6) is 1.23. The van der Waals surface area contributed by atoms with Gasteiger partial charge in [-0.15, -0.1) is 0 Å². The lowest BCUT2D eigenvalue weighted by molar-refractivity contribution is 0.161. The molecule has 2 heteroatoms. The zero-order valence-corrected chi connectivity index (χ0v) is 8.87. The molecule has 1 unspecified atom stereocenters. The van der Waals surface area contributed by atoms with Gasteiger partial charge in [0.05, 0.1) is 0 Å². The summed E-state index contributed by atoms with van der Waals surface area (Å²) < 4.78 is 5.82. The monoisotopic (exact) mass is 192 g/mol. The highest BCUT2D eigenvalue weighted by molar-refractivity contribution is 5.47. The van der Waals surface area contributed by atoms with Gasteiger partial charge in [0.2, 0.25) is 0 Å². The fraction of sp³-hybridized carbons (Fsp3) is 0.500. The molecule has 1 aliphatic rings. The summed E-state index contributed by atoms with van der Waals surface area (Å²) in [7, 11) is 0. The molecule has 0 fully saturated rings. The highest BCUT2D eigenvalue weighted by atomic mass is 16.5. The average molecular weight is 192 g/mol. The van der Waals surface area contributed by atoms with Crippen LogP contribution in [0.2, 0.25) is 0 Å². The predicted octanol–water partition coefficient (Wildman–Crippen LogP) is 2.84. The number of phenolic OH excluding ortho intramolecular Hbond substituents is 1. The minimum atomic E-state index is 0.00280. The van der Waals surface area contributed by atoms with Crippen LogP contribution in [0.15, 0.2) is 18.2 Å². The summed E-state index contributed by atoms with van der Waals surface area (Å²) in [5, 5.41) is 9.43. The van der Waals surface area contributed by atoms with Crippen molar-refractivity contribution in [2.45, 2.75) is 38.7 Å². The van der Waals surface area contributed by atoms with Crippen molar-refractivity contribution in [2.24, 2.45) is 0 Å². The number of fused-ring (bicyclic) bond motifs is 1. The van der Waals surface area contributed by atoms with Gasteiger partial charge < -0.3 is 9.84 Å². The molecule has 14 heavy (non-hydrogen) atoms. The van der Waals surface area contributed by atoms with Crippen LogP contribution in [0, 0.1) is 0 Å². The zero-order chi connectivity index (χ0) is 10.3. The third-order valence-electron chi connectivity index (χ3n) is 3.10. The highest BCUT2D eigenvalue weighted by Crippen LogP contribution is 2.44. The van der Waals surface area contributed by atoms with Gasteiger partial charge in [0, 0.05) is 11.0 Å². The van der Waals surface area contributed by atoms with Crippen LogP contribution in [0.1, 0.15) is 32.8 Å². The number of hydrogen-bond donors (Lipinski definition) is 1. The molecule has 0 bridgehead atoms. The van der Waals surface area contributed by atoms with Crippen molar-refractivity contribution in [3.63, 3.8) is 0 Å². The van der Waals surface area contributed by atoms with E-state index in [1.54, 1.807) is 6.07 Å². The van der Waals surface area contributed by atoms with Crippen LogP contribution in [0.3, 0.4) is 0 Å². The molecular formula is C12H16O2. The number of phenols is 1. The van der Waals surface area contributed by atoms with Gasteiger partial charge >= 0.3 is 0 Å². The average Bonchev–Trinajstić information content (AvgIpc) is 2.38. The van der Waals surface area contributed by atoms with Crippen molar-refractivity contribution in [2.75, 3.05) is 0 Å². The lowest BCUT2D eigenvalue weighted by Gasteiger charge is -2.24. The first-order valence-electron chi connectivity index (χ1n) is 5.06. The molecule has 0 saturated carbocycles. The Morgan fingerprint density at radius 1 is 1.43 bits per heavy atom. The predicted molar refractivity (Wildman–Crippen MR) is 55.8 cm³/mol. The van der Waals surface area contributed by atoms with Gasteiger partial charge in [-0.25, -0.2) is 0 Å². The van der Waals surface area contributed by atoms with Crippen molar-refractivity contribution < 1.29 is 9.84 Å². The van der Waals surface area contributed by atoms with Crippen molar-refractivity contribution in [3.05, 3.63) is 23.8 Å². The van der Waals surface area contributed by atoms with Gasteiger partial charge in [-0.2, -0.15) is 0 Å². The van der Waals surface area contributed by atoms with Gasteiger partial charge in [-0.3, -0.25) is 0 Å². The molecule has 2 nitrogen and oxygen atoms in total. The van der Waals surface area contributed by atoms with E-state index < -0.39 is 0 Å². The van der Waals surface area contributed by atoms with Crippen molar-refractivity contribution in [1.29, 1.82) is 0 Å². The molecule has 0 aromatic heterocycles. The molecular weight excluding hydrogens is 176 g/mol. The summed E-state index contributed by atoms with van der Waals surface area (Å²) in [6.45, 7) is 6.44. The molecule has 1 heterocycles. The van der Waals surface area contributed by atoms with Gasteiger partial charge in [0.25, 0.3) is 0 Å². The molecule has 0 spiro atoms. The van der Waals surface area contributed by atoms with E-state index in [-0.39, 0.29) is 11.5 Å². The standard InChI is InChI=1S/C12H16O2/c1-4-11-12(2,3)9-7-8(13)5-6-10(9)14-11/h5-7,11,13H,4H2,1-3H3. The lowest BCUT2D eigenvalue weighted by atomic mass is 9.80. The summed E-state index contributed by atoms with van der Waals surface area (Å²) in [4.78, 5) is 0. The van der Waals surface area contributed by atoms with Crippen LogP contribution in [0.25, 0.3) is 0 Å². The second-order valence-electron chi connectivity index (χ2n) is 4.42. The Kier molecular flexibility index (Phi) is 1.95. The summed E-state index contributed by atoms with van der Waals surface area (Å²) in [6, 6.07) is 5.33. The van der Waals surface area contributed by atoms with E-state index in [0.29, 0.717) is 5.75 Å². The molecule has 76 valence electrons. The minimum absolute atomic E-state index is 0.00280. The van der Waals surface area contributed by atoms with E-state index in [0.717, 1.165) is 17.7 Å². The van der Waals surface area contributed by atoms with Crippen LogP contribution >= 0.6 is 0 Å². The Labute approximate surface area is 84.5 Å². The Balaban J connectivity index is 2.50. The smallest absolute Gasteiger partial charge is 0.123 e. The van der Waals surface area contributed by atoms with E-state index in [1.165, 1.54) is 0 Å². The van der Waals surface area contributed by atoms with Crippen molar-refractivity contribution >= 4 is 0 Å². The van der Waals surface area contributed by atoms with Gasteiger partial charge in [-0.1, -0.05) is 20.8 Å². The van der Waals surface area contributed by atoms with E-state index in [1.807, 2.05) is 12.1 Å². The highest BCUT2D eigenvalue weighted by Gasteiger charge is 2.40. The number of ether oxygens (including phenoxy) is 1. The maximum atomic E-state index is 9.43. The minimum Gasteiger partial charge on any atom is -0.508 e. The summed E-state index contributed by atoms with van der Waals surface area (Å²) >= 11 is 0. The van der Waals surface area contributed by atoms with Crippen LogP contribution in [-0.4, -0.2) is 11.2 Å². The maximum absolute atomic E-state index is 9.43. The van der Waals surface area contributed by atoms with Crippen LogP contribution in [0.4, 0.5) is 0 Å². The molecule has 1 N–H and O–H groups in total. The van der Waals surface area contributed by atoms with Gasteiger partial charge in [0.15, 0.2) is 0 Å². The van der Waals surface area contributed by atoms with E-state index in [4.69, 9.17) is 4.74 Å². The van der Waals surface area contributed by atoms with Crippen molar-refractivity contribution in [3.8, 4) is 11.5 Å². The quantitative estimate of drug-likeness (QED) is 0.741.